The molecule has 120 valence electrons. The van der Waals surface area contributed by atoms with Crippen molar-refractivity contribution in [3.05, 3.63) is 0 Å². The summed E-state index contributed by atoms with van der Waals surface area (Å²) in [6.45, 7) is 8.88. The van der Waals surface area contributed by atoms with Crippen molar-refractivity contribution in [1.29, 1.82) is 0 Å². The standard InChI is InChI=1S/C18H36O2/c1-15(2)18(4,14-19)16(3)20-17-12-10-8-6-5-7-9-11-13-17/h15-17,19H,5-14H2,1-4H3. The van der Waals surface area contributed by atoms with Crippen LogP contribution in [0.5, 0.6) is 0 Å². The number of ether oxygens (including phenoxy) is 1. The van der Waals surface area contributed by atoms with Crippen LogP contribution in [-0.2, 0) is 4.74 Å². The van der Waals surface area contributed by atoms with E-state index in [-0.39, 0.29) is 18.1 Å². The Labute approximate surface area is 126 Å². The maximum absolute atomic E-state index is 9.76. The third-order valence-corrected chi connectivity index (χ3v) is 5.54. The minimum Gasteiger partial charge on any atom is -0.396 e. The second-order valence-corrected chi connectivity index (χ2v) is 7.27. The van der Waals surface area contributed by atoms with Gasteiger partial charge in [0.15, 0.2) is 0 Å². The Morgan fingerprint density at radius 3 is 1.80 bits per heavy atom. The topological polar surface area (TPSA) is 29.5 Å². The molecule has 1 saturated carbocycles. The van der Waals surface area contributed by atoms with Crippen LogP contribution in [0.4, 0.5) is 0 Å². The fourth-order valence-electron chi connectivity index (χ4n) is 3.13. The molecule has 1 aliphatic carbocycles. The number of hydrogen-bond acceptors (Lipinski definition) is 2. The third-order valence-electron chi connectivity index (χ3n) is 5.54. The molecule has 2 heteroatoms. The number of rotatable bonds is 5. The van der Waals surface area contributed by atoms with Gasteiger partial charge in [0.1, 0.15) is 0 Å². The summed E-state index contributed by atoms with van der Waals surface area (Å²) in [4.78, 5) is 0. The van der Waals surface area contributed by atoms with E-state index in [1.807, 2.05) is 0 Å². The summed E-state index contributed by atoms with van der Waals surface area (Å²) in [6, 6.07) is 0. The van der Waals surface area contributed by atoms with Crippen LogP contribution in [0.2, 0.25) is 0 Å². The molecule has 0 amide bonds. The molecule has 0 spiro atoms. The van der Waals surface area contributed by atoms with Crippen LogP contribution in [0, 0.1) is 11.3 Å². The van der Waals surface area contributed by atoms with Crippen LogP contribution in [0.3, 0.4) is 0 Å². The van der Waals surface area contributed by atoms with Crippen LogP contribution in [0.15, 0.2) is 0 Å². The van der Waals surface area contributed by atoms with Crippen LogP contribution in [0.1, 0.15) is 85.5 Å². The lowest BCUT2D eigenvalue weighted by molar-refractivity contribution is -0.108. The molecule has 0 aromatic carbocycles. The Morgan fingerprint density at radius 2 is 1.40 bits per heavy atom. The molecule has 0 aliphatic heterocycles. The van der Waals surface area contributed by atoms with E-state index < -0.39 is 0 Å². The number of aliphatic hydroxyl groups excluding tert-OH is 1. The van der Waals surface area contributed by atoms with Gasteiger partial charge in [-0.15, -0.1) is 0 Å². The first-order chi connectivity index (χ1) is 9.50. The quantitative estimate of drug-likeness (QED) is 0.775. The highest BCUT2D eigenvalue weighted by atomic mass is 16.5. The van der Waals surface area contributed by atoms with E-state index in [1.54, 1.807) is 0 Å². The Hall–Kier alpha value is -0.0800. The minimum absolute atomic E-state index is 0.125. The zero-order chi connectivity index (χ0) is 15.0. The first kappa shape index (κ1) is 18.0. The van der Waals surface area contributed by atoms with Crippen molar-refractivity contribution >= 4 is 0 Å². The Morgan fingerprint density at radius 1 is 0.950 bits per heavy atom. The first-order valence-corrected chi connectivity index (χ1v) is 8.77. The van der Waals surface area contributed by atoms with E-state index in [2.05, 4.69) is 27.7 Å². The lowest BCUT2D eigenvalue weighted by Gasteiger charge is -2.39. The van der Waals surface area contributed by atoms with Gasteiger partial charge in [-0.05, 0) is 25.7 Å². The lowest BCUT2D eigenvalue weighted by Crippen LogP contribution is -2.42. The molecule has 0 aromatic rings. The summed E-state index contributed by atoms with van der Waals surface area (Å²) >= 11 is 0. The fourth-order valence-corrected chi connectivity index (χ4v) is 3.13. The molecule has 0 saturated heterocycles. The molecule has 0 radical (unpaired) electrons. The summed E-state index contributed by atoms with van der Waals surface area (Å²) in [6.07, 6.45) is 12.4. The molecule has 1 N–H and O–H groups in total. The smallest absolute Gasteiger partial charge is 0.0628 e. The normalized spacial score (nSPS) is 24.3. The monoisotopic (exact) mass is 284 g/mol. The molecule has 2 nitrogen and oxygen atoms in total. The van der Waals surface area contributed by atoms with Gasteiger partial charge in [-0.2, -0.15) is 0 Å². The Balaban J connectivity index is 2.53. The summed E-state index contributed by atoms with van der Waals surface area (Å²) in [5.41, 5.74) is -0.130. The molecule has 1 aliphatic rings. The van der Waals surface area contributed by atoms with E-state index in [4.69, 9.17) is 4.74 Å². The van der Waals surface area contributed by atoms with Gasteiger partial charge in [0.2, 0.25) is 0 Å². The highest BCUT2D eigenvalue weighted by molar-refractivity contribution is 4.84. The Kier molecular flexibility index (Phi) is 8.13. The molecule has 20 heavy (non-hydrogen) atoms. The predicted molar refractivity (Wildman–Crippen MR) is 85.9 cm³/mol. The van der Waals surface area contributed by atoms with Gasteiger partial charge in [-0.3, -0.25) is 0 Å². The molecule has 2 atom stereocenters. The van der Waals surface area contributed by atoms with Gasteiger partial charge in [0.05, 0.1) is 18.8 Å². The van der Waals surface area contributed by atoms with E-state index in [9.17, 15) is 5.11 Å². The summed E-state index contributed by atoms with van der Waals surface area (Å²) in [5.74, 6) is 0.432. The second-order valence-electron chi connectivity index (χ2n) is 7.27. The predicted octanol–water partition coefficient (Wildman–Crippen LogP) is 4.94. The van der Waals surface area contributed by atoms with Gasteiger partial charge < -0.3 is 9.84 Å². The van der Waals surface area contributed by atoms with Crippen LogP contribution in [-0.4, -0.2) is 23.9 Å². The third kappa shape index (κ3) is 5.37. The second kappa shape index (κ2) is 9.04. The molecule has 1 fully saturated rings. The molecular weight excluding hydrogens is 248 g/mol. The van der Waals surface area contributed by atoms with Gasteiger partial charge in [0, 0.05) is 5.41 Å². The number of aliphatic hydroxyl groups is 1. The van der Waals surface area contributed by atoms with Crippen molar-refractivity contribution in [3.63, 3.8) is 0 Å². The lowest BCUT2D eigenvalue weighted by atomic mass is 9.75. The van der Waals surface area contributed by atoms with Crippen molar-refractivity contribution in [2.75, 3.05) is 6.61 Å². The zero-order valence-corrected chi connectivity index (χ0v) is 14.2. The maximum atomic E-state index is 9.76. The largest absolute Gasteiger partial charge is 0.396 e. The van der Waals surface area contributed by atoms with E-state index >= 15 is 0 Å². The van der Waals surface area contributed by atoms with Crippen molar-refractivity contribution in [1.82, 2.24) is 0 Å². The fraction of sp³-hybridized carbons (Fsp3) is 1.00. The highest BCUT2D eigenvalue weighted by Crippen LogP contribution is 2.34. The average Bonchev–Trinajstić information content (AvgIpc) is 2.44. The highest BCUT2D eigenvalue weighted by Gasteiger charge is 2.35. The van der Waals surface area contributed by atoms with Crippen molar-refractivity contribution in [3.8, 4) is 0 Å². The molecule has 1 rings (SSSR count). The zero-order valence-electron chi connectivity index (χ0n) is 14.2. The molecule has 0 aromatic heterocycles. The summed E-state index contributed by atoms with van der Waals surface area (Å²) < 4.78 is 6.38. The minimum atomic E-state index is -0.130. The van der Waals surface area contributed by atoms with Gasteiger partial charge in [-0.1, -0.05) is 65.7 Å². The maximum Gasteiger partial charge on any atom is 0.0628 e. The summed E-state index contributed by atoms with van der Waals surface area (Å²) in [7, 11) is 0. The molecular formula is C18H36O2. The van der Waals surface area contributed by atoms with Gasteiger partial charge in [-0.25, -0.2) is 0 Å². The van der Waals surface area contributed by atoms with Crippen molar-refractivity contribution < 1.29 is 9.84 Å². The van der Waals surface area contributed by atoms with E-state index in [1.165, 1.54) is 57.8 Å². The van der Waals surface area contributed by atoms with Crippen LogP contribution < -0.4 is 0 Å². The molecule has 0 heterocycles. The SMILES string of the molecule is CC(C)C(C)(CO)C(C)OC1CCCCCCCCC1. The average molecular weight is 284 g/mol. The van der Waals surface area contributed by atoms with Gasteiger partial charge >= 0.3 is 0 Å². The summed E-state index contributed by atoms with van der Waals surface area (Å²) in [5, 5.41) is 9.76. The Bertz CT molecular complexity index is 242. The van der Waals surface area contributed by atoms with Crippen LogP contribution >= 0.6 is 0 Å². The first-order valence-electron chi connectivity index (χ1n) is 8.77. The van der Waals surface area contributed by atoms with E-state index in [0.29, 0.717) is 12.0 Å². The van der Waals surface area contributed by atoms with Crippen LogP contribution in [0.25, 0.3) is 0 Å². The molecule has 0 bridgehead atoms. The van der Waals surface area contributed by atoms with Crippen molar-refractivity contribution in [2.24, 2.45) is 11.3 Å². The van der Waals surface area contributed by atoms with Gasteiger partial charge in [0.25, 0.3) is 0 Å². The molecule has 2 unspecified atom stereocenters. The van der Waals surface area contributed by atoms with Crippen molar-refractivity contribution in [2.45, 2.75) is 97.7 Å². The van der Waals surface area contributed by atoms with E-state index in [0.717, 1.165) is 0 Å². The number of hydrogen-bond donors (Lipinski definition) is 1.